The Morgan fingerprint density at radius 3 is 2.41 bits per heavy atom. The third-order valence-electron chi connectivity index (χ3n) is 4.13. The smallest absolute Gasteiger partial charge is 0.471 e. The second kappa shape index (κ2) is 5.62. The summed E-state index contributed by atoms with van der Waals surface area (Å²) < 4.78 is 42.2. The minimum absolute atomic E-state index is 0.116. The molecule has 1 N–H and O–H groups in total. The Bertz CT molecular complexity index is 633. The fourth-order valence-corrected chi connectivity index (χ4v) is 2.70. The monoisotopic (exact) mass is 312 g/mol. The molecule has 0 radical (unpaired) electrons. The van der Waals surface area contributed by atoms with E-state index in [0.29, 0.717) is 6.42 Å². The molecule has 22 heavy (non-hydrogen) atoms. The van der Waals surface area contributed by atoms with Crippen LogP contribution >= 0.6 is 0 Å². The Balaban J connectivity index is 1.83. The third-order valence-corrected chi connectivity index (χ3v) is 4.13. The number of aromatic hydroxyl groups is 1. The number of phenols is 1. The van der Waals surface area contributed by atoms with Crippen molar-refractivity contribution in [3.63, 3.8) is 0 Å². The van der Waals surface area contributed by atoms with Crippen LogP contribution in [0, 0.1) is 5.92 Å². The van der Waals surface area contributed by atoms with Crippen molar-refractivity contribution in [1.29, 1.82) is 0 Å². The van der Waals surface area contributed by atoms with Gasteiger partial charge in [-0.05, 0) is 42.9 Å². The zero-order chi connectivity index (χ0) is 15.7. The highest BCUT2D eigenvalue weighted by molar-refractivity contribution is 5.27. The van der Waals surface area contributed by atoms with Crippen LogP contribution < -0.4 is 0 Å². The second-order valence-electron chi connectivity index (χ2n) is 5.62. The van der Waals surface area contributed by atoms with Gasteiger partial charge in [-0.1, -0.05) is 23.7 Å². The first-order valence-electron chi connectivity index (χ1n) is 7.12. The lowest BCUT2D eigenvalue weighted by Crippen LogP contribution is -2.23. The Morgan fingerprint density at radius 1 is 1.23 bits per heavy atom. The molecule has 1 aliphatic carbocycles. The Kier molecular flexibility index (Phi) is 3.80. The number of benzene rings is 1. The van der Waals surface area contributed by atoms with Gasteiger partial charge in [-0.25, -0.2) is 0 Å². The number of rotatable bonds is 4. The first-order valence-corrected chi connectivity index (χ1v) is 7.12. The van der Waals surface area contributed by atoms with Crippen molar-refractivity contribution in [1.82, 2.24) is 10.1 Å². The lowest BCUT2D eigenvalue weighted by atomic mass is 9.73. The minimum atomic E-state index is -4.62. The first-order chi connectivity index (χ1) is 10.4. The van der Waals surface area contributed by atoms with Crippen molar-refractivity contribution in [2.75, 3.05) is 0 Å². The van der Waals surface area contributed by atoms with Gasteiger partial charge in [-0.2, -0.15) is 18.2 Å². The highest BCUT2D eigenvalue weighted by Gasteiger charge is 2.40. The molecule has 1 aromatic carbocycles. The second-order valence-corrected chi connectivity index (χ2v) is 5.62. The number of aromatic nitrogens is 2. The molecule has 3 rings (SSSR count). The van der Waals surface area contributed by atoms with Gasteiger partial charge < -0.3 is 9.63 Å². The van der Waals surface area contributed by atoms with Gasteiger partial charge in [-0.3, -0.25) is 0 Å². The SMILES string of the molecule is Oc1ccc(C[C@@H](c2noc(C(F)(F)F)n2)C2CCC2)cc1. The molecular formula is C15H15F3N2O2. The molecule has 4 nitrogen and oxygen atoms in total. The van der Waals surface area contributed by atoms with Crippen LogP contribution in [0.3, 0.4) is 0 Å². The maximum absolute atomic E-state index is 12.6. The Hall–Kier alpha value is -2.05. The number of alkyl halides is 3. The summed E-state index contributed by atoms with van der Waals surface area (Å²) in [5, 5.41) is 12.8. The molecule has 1 atom stereocenters. The molecule has 1 heterocycles. The molecule has 0 unspecified atom stereocenters. The van der Waals surface area contributed by atoms with Crippen molar-refractivity contribution in [2.24, 2.45) is 5.92 Å². The van der Waals surface area contributed by atoms with Crippen molar-refractivity contribution in [2.45, 2.75) is 37.8 Å². The Morgan fingerprint density at radius 2 is 1.91 bits per heavy atom. The molecule has 7 heteroatoms. The van der Waals surface area contributed by atoms with Gasteiger partial charge >= 0.3 is 12.1 Å². The van der Waals surface area contributed by atoms with Gasteiger partial charge in [0.25, 0.3) is 0 Å². The van der Waals surface area contributed by atoms with E-state index in [2.05, 4.69) is 14.7 Å². The number of halogens is 3. The van der Waals surface area contributed by atoms with Crippen LogP contribution in [0.2, 0.25) is 0 Å². The molecule has 1 aliphatic rings. The zero-order valence-corrected chi connectivity index (χ0v) is 11.7. The molecule has 1 fully saturated rings. The Labute approximate surface area is 125 Å². The van der Waals surface area contributed by atoms with E-state index in [0.717, 1.165) is 24.8 Å². The van der Waals surface area contributed by atoms with Crippen LogP contribution in [0.1, 0.15) is 42.5 Å². The first kappa shape index (κ1) is 14.9. The van der Waals surface area contributed by atoms with Gasteiger partial charge in [-0.15, -0.1) is 0 Å². The van der Waals surface area contributed by atoms with Crippen molar-refractivity contribution in [3.8, 4) is 5.75 Å². The summed E-state index contributed by atoms with van der Waals surface area (Å²) in [5.41, 5.74) is 0.924. The fraction of sp³-hybridized carbons (Fsp3) is 0.467. The summed E-state index contributed by atoms with van der Waals surface area (Å²) in [6.45, 7) is 0. The summed E-state index contributed by atoms with van der Waals surface area (Å²) in [4.78, 5) is 3.55. The van der Waals surface area contributed by atoms with Crippen LogP contribution in [-0.2, 0) is 12.6 Å². The number of hydrogen-bond donors (Lipinski definition) is 1. The molecule has 2 aromatic rings. The van der Waals surface area contributed by atoms with Gasteiger partial charge in [0, 0.05) is 5.92 Å². The van der Waals surface area contributed by atoms with Crippen LogP contribution in [0.5, 0.6) is 5.75 Å². The predicted molar refractivity (Wildman–Crippen MR) is 71.2 cm³/mol. The highest BCUT2D eigenvalue weighted by atomic mass is 19.4. The number of nitrogens with zero attached hydrogens (tertiary/aromatic N) is 2. The van der Waals surface area contributed by atoms with Crippen LogP contribution in [0.4, 0.5) is 13.2 Å². The molecule has 0 bridgehead atoms. The summed E-state index contributed by atoms with van der Waals surface area (Å²) in [6.07, 6.45) is -1.10. The van der Waals surface area contributed by atoms with Crippen molar-refractivity contribution >= 4 is 0 Å². The van der Waals surface area contributed by atoms with Gasteiger partial charge in [0.2, 0.25) is 0 Å². The van der Waals surface area contributed by atoms with E-state index in [4.69, 9.17) is 0 Å². The number of phenolic OH excluding ortho intramolecular Hbond substituents is 1. The highest BCUT2D eigenvalue weighted by Crippen LogP contribution is 2.41. The van der Waals surface area contributed by atoms with Crippen LogP contribution in [0.25, 0.3) is 0 Å². The maximum Gasteiger partial charge on any atom is 0.471 e. The molecule has 0 aliphatic heterocycles. The third kappa shape index (κ3) is 3.08. The van der Waals surface area contributed by atoms with E-state index in [1.807, 2.05) is 0 Å². The van der Waals surface area contributed by atoms with Crippen LogP contribution in [-0.4, -0.2) is 15.2 Å². The molecule has 0 amide bonds. The van der Waals surface area contributed by atoms with E-state index in [1.165, 1.54) is 0 Å². The molecule has 0 spiro atoms. The largest absolute Gasteiger partial charge is 0.508 e. The lowest BCUT2D eigenvalue weighted by Gasteiger charge is -2.32. The maximum atomic E-state index is 12.6. The normalized spacial score (nSPS) is 17.2. The summed E-state index contributed by atoms with van der Waals surface area (Å²) in [7, 11) is 0. The topological polar surface area (TPSA) is 59.2 Å². The van der Waals surface area contributed by atoms with E-state index in [1.54, 1.807) is 24.3 Å². The fourth-order valence-electron chi connectivity index (χ4n) is 2.70. The molecular weight excluding hydrogens is 297 g/mol. The van der Waals surface area contributed by atoms with Gasteiger partial charge in [0.1, 0.15) is 5.75 Å². The summed E-state index contributed by atoms with van der Waals surface area (Å²) in [5.74, 6) is -0.948. The van der Waals surface area contributed by atoms with E-state index in [-0.39, 0.29) is 23.4 Å². The number of hydrogen-bond acceptors (Lipinski definition) is 4. The molecule has 1 saturated carbocycles. The molecule has 118 valence electrons. The van der Waals surface area contributed by atoms with E-state index < -0.39 is 12.1 Å². The zero-order valence-electron chi connectivity index (χ0n) is 11.7. The standard InChI is InChI=1S/C15H15F3N2O2/c16-15(17,18)14-19-13(20-22-14)12(10-2-1-3-10)8-9-4-6-11(21)7-5-9/h4-7,10,12,21H,1-3,8H2/t12-/m1/s1. The lowest BCUT2D eigenvalue weighted by molar-refractivity contribution is -0.159. The van der Waals surface area contributed by atoms with Gasteiger partial charge in [0.15, 0.2) is 5.82 Å². The van der Waals surface area contributed by atoms with Crippen LogP contribution in [0.15, 0.2) is 28.8 Å². The van der Waals surface area contributed by atoms with E-state index in [9.17, 15) is 18.3 Å². The van der Waals surface area contributed by atoms with Gasteiger partial charge in [0.05, 0.1) is 0 Å². The van der Waals surface area contributed by atoms with Crippen molar-refractivity contribution in [3.05, 3.63) is 41.5 Å². The predicted octanol–water partition coefficient (Wildman–Crippen LogP) is 3.92. The molecule has 0 saturated heterocycles. The van der Waals surface area contributed by atoms with Crippen molar-refractivity contribution < 1.29 is 22.8 Å². The average molecular weight is 312 g/mol. The average Bonchev–Trinajstić information content (AvgIpc) is 2.88. The van der Waals surface area contributed by atoms with E-state index >= 15 is 0 Å². The minimum Gasteiger partial charge on any atom is -0.508 e. The summed E-state index contributed by atoms with van der Waals surface area (Å²) >= 11 is 0. The quantitative estimate of drug-likeness (QED) is 0.929. The summed E-state index contributed by atoms with van der Waals surface area (Å²) in [6, 6.07) is 6.63. The molecule has 1 aromatic heterocycles.